The van der Waals surface area contributed by atoms with Gasteiger partial charge < -0.3 is 14.6 Å². The number of methoxy groups -OCH3 is 1. The molecule has 2 N–H and O–H groups in total. The fourth-order valence-corrected chi connectivity index (χ4v) is 4.28. The Kier molecular flexibility index (Phi) is 8.12. The van der Waals surface area contributed by atoms with Crippen LogP contribution in [-0.4, -0.2) is 38.7 Å². The van der Waals surface area contributed by atoms with E-state index in [0.717, 1.165) is 0 Å². The molecule has 0 saturated carbocycles. The van der Waals surface area contributed by atoms with Crippen LogP contribution in [0.5, 0.6) is 0 Å². The van der Waals surface area contributed by atoms with Gasteiger partial charge in [0.1, 0.15) is 0 Å². The third kappa shape index (κ3) is 7.12. The van der Waals surface area contributed by atoms with Gasteiger partial charge in [0.15, 0.2) is 0 Å². The topological polar surface area (TPSA) is 106 Å². The number of hydrogen-bond donors (Lipinski definition) is 2. The molecule has 0 saturated heterocycles. The average Bonchev–Trinajstić information content (AvgIpc) is 2.65. The maximum absolute atomic E-state index is 12.5. The van der Waals surface area contributed by atoms with Gasteiger partial charge in [0.05, 0.1) is 17.9 Å². The van der Waals surface area contributed by atoms with Gasteiger partial charge in [0.25, 0.3) is 11.5 Å². The van der Waals surface area contributed by atoms with Crippen molar-refractivity contribution in [3.63, 3.8) is 0 Å². The van der Waals surface area contributed by atoms with Gasteiger partial charge in [-0.05, 0) is 31.0 Å². The summed E-state index contributed by atoms with van der Waals surface area (Å²) in [6, 6.07) is 9.66. The van der Waals surface area contributed by atoms with Crippen LogP contribution in [0, 0.1) is 0 Å². The zero-order chi connectivity index (χ0) is 21.4. The monoisotopic (exact) mass is 421 g/mol. The molecule has 0 spiro atoms. The average molecular weight is 422 g/mol. The first-order chi connectivity index (χ1) is 13.7. The van der Waals surface area contributed by atoms with Gasteiger partial charge in [-0.3, -0.25) is 9.59 Å². The normalized spacial score (nSPS) is 11.6. The number of carbonyl (C=O) groups is 1. The van der Waals surface area contributed by atoms with Crippen molar-refractivity contribution in [3.8, 4) is 0 Å². The van der Waals surface area contributed by atoms with Gasteiger partial charge in [-0.15, -0.1) is 0 Å². The second-order valence-corrected chi connectivity index (χ2v) is 8.68. The number of aromatic nitrogens is 1. The Balaban J connectivity index is 2.10. The number of ether oxygens (including phenoxy) is 1. The van der Waals surface area contributed by atoms with Crippen molar-refractivity contribution in [1.82, 2.24) is 14.6 Å². The third-order valence-corrected chi connectivity index (χ3v) is 5.62. The number of nitrogens with one attached hydrogen (secondary N) is 2. The molecular weight excluding hydrogens is 394 g/mol. The lowest BCUT2D eigenvalue weighted by Gasteiger charge is -2.13. The van der Waals surface area contributed by atoms with Crippen LogP contribution in [0.25, 0.3) is 0 Å². The van der Waals surface area contributed by atoms with Gasteiger partial charge in [0.2, 0.25) is 10.0 Å². The fourth-order valence-electron chi connectivity index (χ4n) is 2.78. The smallest absolute Gasteiger partial charge is 0.253 e. The highest BCUT2D eigenvalue weighted by molar-refractivity contribution is 7.88. The lowest BCUT2D eigenvalue weighted by atomic mass is 10.1. The highest BCUT2D eigenvalue weighted by atomic mass is 32.2. The molecule has 0 atom stereocenters. The molecular formula is C20H27N3O5S. The molecule has 2 aromatic rings. The number of amides is 1. The molecule has 0 fully saturated rings. The standard InChI is InChI=1S/C20H27N3O5S/c1-15(2)22-29(26,27)14-18-7-5-4-6-16(18)12-21-20(25)17-8-9-19(24)23(13-17)10-11-28-3/h4-9,13,15,22H,10-12,14H2,1-3H3,(H,21,25). The molecule has 1 aromatic carbocycles. The van der Waals surface area contributed by atoms with Crippen molar-refractivity contribution in [2.75, 3.05) is 13.7 Å². The molecule has 0 aliphatic rings. The first-order valence-corrected chi connectivity index (χ1v) is 10.9. The summed E-state index contributed by atoms with van der Waals surface area (Å²) < 4.78 is 33.4. The van der Waals surface area contributed by atoms with Gasteiger partial charge >= 0.3 is 0 Å². The highest BCUT2D eigenvalue weighted by Gasteiger charge is 2.16. The molecule has 0 aliphatic carbocycles. The fraction of sp³-hybridized carbons (Fsp3) is 0.400. The predicted octanol–water partition coefficient (Wildman–Crippen LogP) is 1.25. The number of benzene rings is 1. The SMILES string of the molecule is COCCn1cc(C(=O)NCc2ccccc2CS(=O)(=O)NC(C)C)ccc1=O. The van der Waals surface area contributed by atoms with Crippen LogP contribution < -0.4 is 15.6 Å². The largest absolute Gasteiger partial charge is 0.383 e. The molecule has 9 heteroatoms. The Hall–Kier alpha value is -2.49. The maximum Gasteiger partial charge on any atom is 0.253 e. The van der Waals surface area contributed by atoms with Gasteiger partial charge in [-0.2, -0.15) is 0 Å². The summed E-state index contributed by atoms with van der Waals surface area (Å²) in [4.78, 5) is 24.4. The zero-order valence-corrected chi connectivity index (χ0v) is 17.7. The Bertz CT molecular complexity index is 999. The number of hydrogen-bond acceptors (Lipinski definition) is 5. The van der Waals surface area contributed by atoms with Crippen LogP contribution in [0.4, 0.5) is 0 Å². The molecule has 158 valence electrons. The summed E-state index contributed by atoms with van der Waals surface area (Å²) in [5.41, 5.74) is 1.45. The summed E-state index contributed by atoms with van der Waals surface area (Å²) >= 11 is 0. The van der Waals surface area contributed by atoms with Crippen molar-refractivity contribution >= 4 is 15.9 Å². The number of carbonyl (C=O) groups excluding carboxylic acids is 1. The minimum Gasteiger partial charge on any atom is -0.383 e. The second-order valence-electron chi connectivity index (χ2n) is 6.93. The van der Waals surface area contributed by atoms with Crippen molar-refractivity contribution in [2.24, 2.45) is 0 Å². The molecule has 0 unspecified atom stereocenters. The van der Waals surface area contributed by atoms with Gasteiger partial charge in [-0.25, -0.2) is 13.1 Å². The van der Waals surface area contributed by atoms with E-state index in [-0.39, 0.29) is 29.8 Å². The van der Waals surface area contributed by atoms with Crippen LogP contribution in [0.15, 0.2) is 47.4 Å². The molecule has 1 amide bonds. The van der Waals surface area contributed by atoms with E-state index in [1.54, 1.807) is 38.1 Å². The minimum absolute atomic E-state index is 0.168. The first-order valence-electron chi connectivity index (χ1n) is 9.26. The summed E-state index contributed by atoms with van der Waals surface area (Å²) in [6.45, 7) is 4.39. The predicted molar refractivity (Wildman–Crippen MR) is 111 cm³/mol. The molecule has 1 aromatic heterocycles. The highest BCUT2D eigenvalue weighted by Crippen LogP contribution is 2.13. The Labute approximate surface area is 170 Å². The quantitative estimate of drug-likeness (QED) is 0.601. The zero-order valence-electron chi connectivity index (χ0n) is 16.8. The van der Waals surface area contributed by atoms with E-state index in [1.165, 1.54) is 30.0 Å². The number of nitrogens with zero attached hydrogens (tertiary/aromatic N) is 1. The van der Waals surface area contributed by atoms with Crippen LogP contribution >= 0.6 is 0 Å². The third-order valence-electron chi connectivity index (χ3n) is 4.10. The Morgan fingerprint density at radius 1 is 1.14 bits per heavy atom. The van der Waals surface area contributed by atoms with Gasteiger partial charge in [-0.1, -0.05) is 24.3 Å². The van der Waals surface area contributed by atoms with Crippen LogP contribution in [0.1, 0.15) is 35.3 Å². The lowest BCUT2D eigenvalue weighted by Crippen LogP contribution is -2.32. The van der Waals surface area contributed by atoms with E-state index in [2.05, 4.69) is 10.0 Å². The molecule has 0 aliphatic heterocycles. The van der Waals surface area contributed by atoms with Gasteiger partial charge in [0, 0.05) is 38.5 Å². The van der Waals surface area contributed by atoms with E-state index in [9.17, 15) is 18.0 Å². The van der Waals surface area contributed by atoms with Crippen molar-refractivity contribution in [3.05, 3.63) is 69.6 Å². The minimum atomic E-state index is -3.48. The number of sulfonamides is 1. The van der Waals surface area contributed by atoms with Crippen molar-refractivity contribution in [1.29, 1.82) is 0 Å². The first kappa shape index (κ1) is 22.8. The van der Waals surface area contributed by atoms with E-state index in [0.29, 0.717) is 29.8 Å². The maximum atomic E-state index is 12.5. The number of rotatable bonds is 10. The summed E-state index contributed by atoms with van der Waals surface area (Å²) in [5.74, 6) is -0.520. The molecule has 8 nitrogen and oxygen atoms in total. The summed E-state index contributed by atoms with van der Waals surface area (Å²) in [5, 5.41) is 2.78. The van der Waals surface area contributed by atoms with Crippen molar-refractivity contribution < 1.29 is 17.9 Å². The van der Waals surface area contributed by atoms with Crippen LogP contribution in [-0.2, 0) is 33.6 Å². The molecule has 2 rings (SSSR count). The second kappa shape index (κ2) is 10.3. The molecule has 1 heterocycles. The van der Waals surface area contributed by atoms with Crippen LogP contribution in [0.3, 0.4) is 0 Å². The Morgan fingerprint density at radius 3 is 2.48 bits per heavy atom. The number of pyridine rings is 1. The molecule has 0 radical (unpaired) electrons. The Morgan fingerprint density at radius 2 is 1.83 bits per heavy atom. The van der Waals surface area contributed by atoms with E-state index in [1.807, 2.05) is 0 Å². The van der Waals surface area contributed by atoms with E-state index in [4.69, 9.17) is 4.74 Å². The lowest BCUT2D eigenvalue weighted by molar-refractivity contribution is 0.0949. The van der Waals surface area contributed by atoms with E-state index >= 15 is 0 Å². The van der Waals surface area contributed by atoms with Crippen LogP contribution in [0.2, 0.25) is 0 Å². The van der Waals surface area contributed by atoms with E-state index < -0.39 is 10.0 Å². The van der Waals surface area contributed by atoms with Crippen molar-refractivity contribution in [2.45, 2.75) is 38.7 Å². The summed E-state index contributed by atoms with van der Waals surface area (Å²) in [7, 11) is -1.94. The molecule has 29 heavy (non-hydrogen) atoms. The summed E-state index contributed by atoms with van der Waals surface area (Å²) in [6.07, 6.45) is 1.49. The molecule has 0 bridgehead atoms.